The van der Waals surface area contributed by atoms with Crippen molar-refractivity contribution in [3.05, 3.63) is 18.1 Å². The van der Waals surface area contributed by atoms with Gasteiger partial charge in [-0.25, -0.2) is 4.98 Å². The molecule has 1 N–H and O–H groups in total. The lowest BCUT2D eigenvalue weighted by Gasteiger charge is -2.35. The molecule has 5 nitrogen and oxygen atoms in total. The van der Waals surface area contributed by atoms with Crippen LogP contribution in [0.25, 0.3) is 0 Å². The van der Waals surface area contributed by atoms with Crippen LogP contribution in [0.4, 0.5) is 19.0 Å². The highest BCUT2D eigenvalue weighted by atomic mass is 19.4. The second-order valence-electron chi connectivity index (χ2n) is 5.03. The number of hydrogen-bond acceptors (Lipinski definition) is 5. The van der Waals surface area contributed by atoms with Gasteiger partial charge in [-0.3, -0.25) is 9.88 Å². The number of piperazine rings is 1. The Labute approximate surface area is 122 Å². The van der Waals surface area contributed by atoms with Gasteiger partial charge in [-0.1, -0.05) is 6.92 Å². The fraction of sp³-hybridized carbons (Fsp3) is 0.692. The molecule has 1 aromatic heterocycles. The van der Waals surface area contributed by atoms with E-state index in [1.807, 2.05) is 11.8 Å². The third-order valence-corrected chi connectivity index (χ3v) is 3.33. The van der Waals surface area contributed by atoms with Crippen molar-refractivity contribution in [2.45, 2.75) is 19.6 Å². The van der Waals surface area contributed by atoms with Gasteiger partial charge in [-0.15, -0.1) is 0 Å². The van der Waals surface area contributed by atoms with Gasteiger partial charge < -0.3 is 10.2 Å². The van der Waals surface area contributed by atoms with E-state index in [0.29, 0.717) is 32.7 Å². The topological polar surface area (TPSA) is 44.3 Å². The molecule has 0 aromatic carbocycles. The van der Waals surface area contributed by atoms with Gasteiger partial charge in [0.2, 0.25) is 0 Å². The fourth-order valence-electron chi connectivity index (χ4n) is 2.27. The maximum absolute atomic E-state index is 12.3. The Bertz CT molecular complexity index is 444. The first-order chi connectivity index (χ1) is 9.98. The van der Waals surface area contributed by atoms with E-state index in [9.17, 15) is 13.2 Å². The zero-order valence-corrected chi connectivity index (χ0v) is 12.0. The van der Waals surface area contributed by atoms with Gasteiger partial charge in [0.25, 0.3) is 0 Å². The number of nitrogens with one attached hydrogen (secondary N) is 1. The Morgan fingerprint density at radius 3 is 2.52 bits per heavy atom. The number of aromatic nitrogens is 2. The third-order valence-electron chi connectivity index (χ3n) is 3.33. The molecule has 1 aromatic rings. The van der Waals surface area contributed by atoms with Crippen molar-refractivity contribution in [1.29, 1.82) is 0 Å². The maximum atomic E-state index is 12.3. The molecule has 0 amide bonds. The molecule has 8 heteroatoms. The van der Waals surface area contributed by atoms with E-state index in [-0.39, 0.29) is 0 Å². The summed E-state index contributed by atoms with van der Waals surface area (Å²) in [6.45, 7) is 4.51. The third kappa shape index (κ3) is 5.13. The summed E-state index contributed by atoms with van der Waals surface area (Å²) in [5.41, 5.74) is 0.840. The lowest BCUT2D eigenvalue weighted by molar-refractivity contribution is -0.146. The van der Waals surface area contributed by atoms with Crippen LogP contribution in [0.3, 0.4) is 0 Å². The molecule has 118 valence electrons. The van der Waals surface area contributed by atoms with E-state index in [1.54, 1.807) is 12.4 Å². The first kappa shape index (κ1) is 16.0. The van der Waals surface area contributed by atoms with Gasteiger partial charge >= 0.3 is 6.18 Å². The molecule has 1 fully saturated rings. The van der Waals surface area contributed by atoms with Crippen LogP contribution < -0.4 is 10.2 Å². The largest absolute Gasteiger partial charge is 0.401 e. The number of hydrogen-bond donors (Lipinski definition) is 1. The van der Waals surface area contributed by atoms with Crippen LogP contribution in [0, 0.1) is 0 Å². The lowest BCUT2D eigenvalue weighted by atomic mass is 10.3. The summed E-state index contributed by atoms with van der Waals surface area (Å²) in [6.07, 6.45) is -0.769. The molecule has 2 heterocycles. The minimum Gasteiger partial charge on any atom is -0.353 e. The van der Waals surface area contributed by atoms with E-state index < -0.39 is 12.7 Å². The SMILES string of the molecule is CCNCc1cncc(N2CCN(CC(F)(F)F)CC2)n1. The number of rotatable bonds is 5. The molecule has 1 saturated heterocycles. The van der Waals surface area contributed by atoms with E-state index in [4.69, 9.17) is 0 Å². The van der Waals surface area contributed by atoms with Gasteiger partial charge in [0.15, 0.2) is 0 Å². The zero-order chi connectivity index (χ0) is 15.3. The normalized spacial score (nSPS) is 17.2. The Balaban J connectivity index is 1.90. The van der Waals surface area contributed by atoms with Crippen LogP contribution in [-0.2, 0) is 6.54 Å². The summed E-state index contributed by atoms with van der Waals surface area (Å²) < 4.78 is 37.0. The summed E-state index contributed by atoms with van der Waals surface area (Å²) in [6, 6.07) is 0. The molecule has 0 aliphatic carbocycles. The molecule has 0 unspecified atom stereocenters. The quantitative estimate of drug-likeness (QED) is 0.887. The Morgan fingerprint density at radius 1 is 1.19 bits per heavy atom. The van der Waals surface area contributed by atoms with Crippen LogP contribution in [0.1, 0.15) is 12.6 Å². The standard InChI is InChI=1S/C13H20F3N5/c1-2-17-7-11-8-18-9-12(19-11)21-5-3-20(4-6-21)10-13(14,15)16/h8-9,17H,2-7,10H2,1H3. The second-order valence-corrected chi connectivity index (χ2v) is 5.03. The van der Waals surface area contributed by atoms with Crippen LogP contribution in [0.5, 0.6) is 0 Å². The number of anilines is 1. The fourth-order valence-corrected chi connectivity index (χ4v) is 2.27. The highest BCUT2D eigenvalue weighted by molar-refractivity contribution is 5.37. The second kappa shape index (κ2) is 7.04. The lowest BCUT2D eigenvalue weighted by Crippen LogP contribution is -2.49. The van der Waals surface area contributed by atoms with Gasteiger partial charge in [-0.2, -0.15) is 13.2 Å². The minimum absolute atomic E-state index is 0.388. The Kier molecular flexibility index (Phi) is 5.35. The summed E-state index contributed by atoms with van der Waals surface area (Å²) in [4.78, 5) is 12.1. The number of nitrogens with zero attached hydrogens (tertiary/aromatic N) is 4. The van der Waals surface area contributed by atoms with Gasteiger partial charge in [0.1, 0.15) is 5.82 Å². The molecule has 1 aliphatic rings. The van der Waals surface area contributed by atoms with Crippen molar-refractivity contribution in [3.63, 3.8) is 0 Å². The number of alkyl halides is 3. The maximum Gasteiger partial charge on any atom is 0.401 e. The Morgan fingerprint density at radius 2 is 1.90 bits per heavy atom. The first-order valence-corrected chi connectivity index (χ1v) is 7.03. The van der Waals surface area contributed by atoms with Crippen molar-refractivity contribution in [2.24, 2.45) is 0 Å². The van der Waals surface area contributed by atoms with Gasteiger partial charge in [0.05, 0.1) is 18.4 Å². The van der Waals surface area contributed by atoms with E-state index in [2.05, 4.69) is 15.3 Å². The summed E-state index contributed by atoms with van der Waals surface area (Å²) in [5, 5.41) is 3.17. The van der Waals surface area contributed by atoms with E-state index in [0.717, 1.165) is 18.1 Å². The predicted molar refractivity (Wildman–Crippen MR) is 74.1 cm³/mol. The van der Waals surface area contributed by atoms with Crippen molar-refractivity contribution in [3.8, 4) is 0 Å². The molecule has 0 atom stereocenters. The van der Waals surface area contributed by atoms with Crippen molar-refractivity contribution in [1.82, 2.24) is 20.2 Å². The van der Waals surface area contributed by atoms with Crippen LogP contribution in [0.15, 0.2) is 12.4 Å². The van der Waals surface area contributed by atoms with E-state index in [1.165, 1.54) is 4.90 Å². The average Bonchev–Trinajstić information content (AvgIpc) is 2.44. The van der Waals surface area contributed by atoms with Crippen LogP contribution in [-0.4, -0.2) is 60.3 Å². The minimum atomic E-state index is -4.13. The monoisotopic (exact) mass is 303 g/mol. The predicted octanol–water partition coefficient (Wildman–Crippen LogP) is 1.27. The summed E-state index contributed by atoms with van der Waals surface area (Å²) in [5.74, 6) is 0.733. The average molecular weight is 303 g/mol. The Hall–Kier alpha value is -1.41. The summed E-state index contributed by atoms with van der Waals surface area (Å²) >= 11 is 0. The first-order valence-electron chi connectivity index (χ1n) is 7.03. The van der Waals surface area contributed by atoms with Gasteiger partial charge in [0, 0.05) is 38.9 Å². The number of halogens is 3. The molecular weight excluding hydrogens is 283 g/mol. The van der Waals surface area contributed by atoms with Gasteiger partial charge in [-0.05, 0) is 6.54 Å². The zero-order valence-electron chi connectivity index (χ0n) is 12.0. The molecule has 0 radical (unpaired) electrons. The van der Waals surface area contributed by atoms with Crippen LogP contribution in [0.2, 0.25) is 0 Å². The molecule has 1 aliphatic heterocycles. The van der Waals surface area contributed by atoms with E-state index >= 15 is 0 Å². The molecular formula is C13H20F3N5. The molecule has 0 saturated carbocycles. The molecule has 0 spiro atoms. The smallest absolute Gasteiger partial charge is 0.353 e. The van der Waals surface area contributed by atoms with Crippen molar-refractivity contribution in [2.75, 3.05) is 44.2 Å². The van der Waals surface area contributed by atoms with Crippen molar-refractivity contribution >= 4 is 5.82 Å². The molecule has 0 bridgehead atoms. The highest BCUT2D eigenvalue weighted by Crippen LogP contribution is 2.19. The highest BCUT2D eigenvalue weighted by Gasteiger charge is 2.32. The van der Waals surface area contributed by atoms with Crippen LogP contribution >= 0.6 is 0 Å². The van der Waals surface area contributed by atoms with Crippen molar-refractivity contribution < 1.29 is 13.2 Å². The molecule has 2 rings (SSSR count). The summed E-state index contributed by atoms with van der Waals surface area (Å²) in [7, 11) is 0. The molecule has 21 heavy (non-hydrogen) atoms.